The van der Waals surface area contributed by atoms with E-state index in [1.54, 1.807) is 0 Å². The lowest BCUT2D eigenvalue weighted by atomic mass is 10.3. The zero-order chi connectivity index (χ0) is 15.4. The van der Waals surface area contributed by atoms with Gasteiger partial charge in [-0.05, 0) is 0 Å². The highest BCUT2D eigenvalue weighted by Gasteiger charge is 2.25. The largest absolute Gasteiger partial charge is 0.476 e. The number of carbonyl (C=O) groups excluding carboxylic acids is 3. The summed E-state index contributed by atoms with van der Waals surface area (Å²) in [5.74, 6) is -2.14. The first kappa shape index (κ1) is 14.9. The number of hydrogen-bond acceptors (Lipinski definition) is 6. The molecule has 2 heterocycles. The number of aromatic nitrogens is 1. The molecule has 0 aromatic carbocycles. The zero-order valence-electron chi connectivity index (χ0n) is 10.8. The van der Waals surface area contributed by atoms with Crippen LogP contribution in [-0.2, 0) is 16.0 Å². The van der Waals surface area contributed by atoms with E-state index in [9.17, 15) is 19.2 Å². The molecule has 1 aromatic heterocycles. The van der Waals surface area contributed by atoms with Crippen LogP contribution in [0.15, 0.2) is 5.38 Å². The highest BCUT2D eigenvalue weighted by molar-refractivity contribution is 7.09. The van der Waals surface area contributed by atoms with Crippen molar-refractivity contribution >= 4 is 35.2 Å². The van der Waals surface area contributed by atoms with Crippen LogP contribution in [-0.4, -0.2) is 58.4 Å². The summed E-state index contributed by atoms with van der Waals surface area (Å²) < 4.78 is 0. The van der Waals surface area contributed by atoms with E-state index in [1.807, 2.05) is 0 Å². The van der Waals surface area contributed by atoms with Gasteiger partial charge in [0.1, 0.15) is 13.1 Å². The number of urea groups is 1. The molecule has 0 unspecified atom stereocenters. The number of hydrogen-bond donors (Lipinski definition) is 3. The van der Waals surface area contributed by atoms with E-state index in [4.69, 9.17) is 5.11 Å². The highest BCUT2D eigenvalue weighted by atomic mass is 32.1. The van der Waals surface area contributed by atoms with Crippen molar-refractivity contribution in [1.82, 2.24) is 20.5 Å². The van der Waals surface area contributed by atoms with E-state index in [1.165, 1.54) is 16.7 Å². The second kappa shape index (κ2) is 6.31. The topological polar surface area (TPSA) is 129 Å². The molecule has 0 spiro atoms. The Morgan fingerprint density at radius 3 is 2.62 bits per heavy atom. The molecule has 0 atom stereocenters. The molecule has 0 aliphatic carbocycles. The summed E-state index contributed by atoms with van der Waals surface area (Å²) in [4.78, 5) is 49.7. The van der Waals surface area contributed by atoms with Gasteiger partial charge in [-0.2, -0.15) is 0 Å². The minimum Gasteiger partial charge on any atom is -0.476 e. The SMILES string of the molecule is O=C1CN(C(=O)NCCc2nc(C(=O)O)cs2)CC(=O)N1. The Labute approximate surface area is 123 Å². The molecule has 1 aliphatic heterocycles. The molecule has 2 rings (SSSR count). The average Bonchev–Trinajstić information content (AvgIpc) is 2.86. The average molecular weight is 312 g/mol. The highest BCUT2D eigenvalue weighted by Crippen LogP contribution is 2.09. The Morgan fingerprint density at radius 1 is 1.38 bits per heavy atom. The Kier molecular flexibility index (Phi) is 4.48. The molecule has 1 aliphatic rings. The van der Waals surface area contributed by atoms with Gasteiger partial charge in [0.2, 0.25) is 11.8 Å². The van der Waals surface area contributed by atoms with Gasteiger partial charge in [0.15, 0.2) is 5.69 Å². The minimum atomic E-state index is -1.10. The van der Waals surface area contributed by atoms with Gasteiger partial charge in [0, 0.05) is 18.3 Å². The fraction of sp³-hybridized carbons (Fsp3) is 0.364. The minimum absolute atomic E-state index is 0.0281. The van der Waals surface area contributed by atoms with Gasteiger partial charge in [-0.25, -0.2) is 14.6 Å². The number of aromatic carboxylic acids is 1. The standard InChI is InChI=1S/C11H12N4O5S/c16-7-3-15(4-8(17)14-7)11(20)12-2-1-9-13-6(5-21-9)10(18)19/h5H,1-4H2,(H,12,20)(H,18,19)(H,14,16,17). The molecule has 4 amide bonds. The van der Waals surface area contributed by atoms with E-state index >= 15 is 0 Å². The van der Waals surface area contributed by atoms with Crippen molar-refractivity contribution in [1.29, 1.82) is 0 Å². The van der Waals surface area contributed by atoms with E-state index in [0.717, 1.165) is 4.90 Å². The third-order valence-electron chi connectivity index (χ3n) is 2.62. The first-order valence-electron chi connectivity index (χ1n) is 5.99. The van der Waals surface area contributed by atoms with Crippen molar-refractivity contribution in [2.45, 2.75) is 6.42 Å². The summed E-state index contributed by atoms with van der Waals surface area (Å²) in [6.45, 7) is -0.103. The van der Waals surface area contributed by atoms with Gasteiger partial charge in [0.25, 0.3) is 0 Å². The molecule has 1 fully saturated rings. The summed E-state index contributed by atoms with van der Waals surface area (Å²) in [6, 6.07) is -0.520. The van der Waals surface area contributed by atoms with Crippen LogP contribution in [0, 0.1) is 0 Å². The van der Waals surface area contributed by atoms with Gasteiger partial charge < -0.3 is 15.3 Å². The number of nitrogens with one attached hydrogen (secondary N) is 2. The first-order chi connectivity index (χ1) is 9.95. The second-order valence-electron chi connectivity index (χ2n) is 4.24. The second-order valence-corrected chi connectivity index (χ2v) is 5.18. The molecule has 0 bridgehead atoms. The van der Waals surface area contributed by atoms with Crippen LogP contribution in [0.25, 0.3) is 0 Å². The summed E-state index contributed by atoms with van der Waals surface area (Å²) in [6.07, 6.45) is 0.373. The van der Waals surface area contributed by atoms with Crippen LogP contribution < -0.4 is 10.6 Å². The monoisotopic (exact) mass is 312 g/mol. The molecule has 1 saturated heterocycles. The quantitative estimate of drug-likeness (QED) is 0.615. The van der Waals surface area contributed by atoms with Crippen LogP contribution in [0.2, 0.25) is 0 Å². The van der Waals surface area contributed by atoms with Crippen molar-refractivity contribution in [3.8, 4) is 0 Å². The lowest BCUT2D eigenvalue weighted by Gasteiger charge is -2.25. The Balaban J connectivity index is 1.79. The maximum Gasteiger partial charge on any atom is 0.355 e. The molecule has 21 heavy (non-hydrogen) atoms. The number of carbonyl (C=O) groups is 4. The number of carboxylic acid groups (broad SMARTS) is 1. The maximum atomic E-state index is 11.8. The number of thiazole rings is 1. The molecular weight excluding hydrogens is 300 g/mol. The predicted molar refractivity (Wildman–Crippen MR) is 70.9 cm³/mol. The molecule has 10 heteroatoms. The molecule has 0 saturated carbocycles. The number of carboxylic acids is 1. The Morgan fingerprint density at radius 2 is 2.05 bits per heavy atom. The molecule has 3 N–H and O–H groups in total. The summed E-state index contributed by atoms with van der Waals surface area (Å²) in [5, 5.41) is 15.4. The molecular formula is C11H12N4O5S. The summed E-state index contributed by atoms with van der Waals surface area (Å²) in [5.41, 5.74) is -0.0281. The van der Waals surface area contributed by atoms with Crippen molar-refractivity contribution in [2.75, 3.05) is 19.6 Å². The van der Waals surface area contributed by atoms with Crippen LogP contribution in [0.1, 0.15) is 15.5 Å². The third-order valence-corrected chi connectivity index (χ3v) is 3.53. The van der Waals surface area contributed by atoms with Gasteiger partial charge >= 0.3 is 12.0 Å². The fourth-order valence-electron chi connectivity index (χ4n) is 1.69. The number of piperazine rings is 1. The molecule has 112 valence electrons. The number of imide groups is 1. The van der Waals surface area contributed by atoms with Gasteiger partial charge in [-0.1, -0.05) is 0 Å². The van der Waals surface area contributed by atoms with E-state index < -0.39 is 23.8 Å². The Hall–Kier alpha value is -2.49. The smallest absolute Gasteiger partial charge is 0.355 e. The van der Waals surface area contributed by atoms with E-state index in [0.29, 0.717) is 11.4 Å². The zero-order valence-corrected chi connectivity index (χ0v) is 11.6. The van der Waals surface area contributed by atoms with Gasteiger partial charge in [-0.15, -0.1) is 11.3 Å². The number of nitrogens with zero attached hydrogens (tertiary/aromatic N) is 2. The van der Waals surface area contributed by atoms with Crippen molar-refractivity contribution in [3.63, 3.8) is 0 Å². The normalized spacial score (nSPS) is 14.8. The van der Waals surface area contributed by atoms with E-state index in [-0.39, 0.29) is 25.3 Å². The van der Waals surface area contributed by atoms with Crippen molar-refractivity contribution in [3.05, 3.63) is 16.1 Å². The van der Waals surface area contributed by atoms with Crippen LogP contribution in [0.3, 0.4) is 0 Å². The third kappa shape index (κ3) is 3.99. The molecule has 9 nitrogen and oxygen atoms in total. The van der Waals surface area contributed by atoms with Gasteiger partial charge in [-0.3, -0.25) is 14.9 Å². The van der Waals surface area contributed by atoms with Crippen LogP contribution in [0.4, 0.5) is 4.79 Å². The van der Waals surface area contributed by atoms with E-state index in [2.05, 4.69) is 15.6 Å². The van der Waals surface area contributed by atoms with Crippen molar-refractivity contribution in [2.24, 2.45) is 0 Å². The van der Waals surface area contributed by atoms with Crippen molar-refractivity contribution < 1.29 is 24.3 Å². The maximum absolute atomic E-state index is 11.8. The number of amides is 4. The summed E-state index contributed by atoms with van der Waals surface area (Å²) >= 11 is 1.19. The Bertz CT molecular complexity index is 583. The first-order valence-corrected chi connectivity index (χ1v) is 6.87. The predicted octanol–water partition coefficient (Wildman–Crippen LogP) is -0.948. The lowest BCUT2D eigenvalue weighted by molar-refractivity contribution is -0.134. The fourth-order valence-corrected chi connectivity index (χ4v) is 2.47. The molecule has 0 radical (unpaired) electrons. The lowest BCUT2D eigenvalue weighted by Crippen LogP contribution is -2.55. The summed E-state index contributed by atoms with van der Waals surface area (Å²) in [7, 11) is 0. The van der Waals surface area contributed by atoms with Crippen LogP contribution >= 0.6 is 11.3 Å². The van der Waals surface area contributed by atoms with Crippen LogP contribution in [0.5, 0.6) is 0 Å². The van der Waals surface area contributed by atoms with Gasteiger partial charge in [0.05, 0.1) is 5.01 Å². The molecule has 1 aromatic rings. The number of rotatable bonds is 4.